The summed E-state index contributed by atoms with van der Waals surface area (Å²) in [5.74, 6) is 9.69. The summed E-state index contributed by atoms with van der Waals surface area (Å²) in [5.41, 5.74) is 5.92. The van der Waals surface area contributed by atoms with Crippen LogP contribution in [-0.4, -0.2) is 23.0 Å². The predicted molar refractivity (Wildman–Crippen MR) is 107 cm³/mol. The molecule has 0 unspecified atom stereocenters. The molecule has 0 aromatic rings. The topological polar surface area (TPSA) is 9.23 Å². The molecule has 0 N–H and O–H groups in total. The molecule has 0 bridgehead atoms. The van der Waals surface area contributed by atoms with Crippen LogP contribution in [0.25, 0.3) is 0 Å². The van der Waals surface area contributed by atoms with Gasteiger partial charge in [0, 0.05) is 5.57 Å². The highest BCUT2D eigenvalue weighted by molar-refractivity contribution is 6.83. The van der Waals surface area contributed by atoms with E-state index >= 15 is 0 Å². The molecule has 0 fully saturated rings. The van der Waals surface area contributed by atoms with Gasteiger partial charge in [0.15, 0.2) is 8.32 Å². The van der Waals surface area contributed by atoms with Gasteiger partial charge in [0.2, 0.25) is 0 Å². The van der Waals surface area contributed by atoms with Crippen molar-refractivity contribution in [2.45, 2.75) is 71.4 Å². The molecule has 0 aliphatic heterocycles. The van der Waals surface area contributed by atoms with Gasteiger partial charge in [-0.2, -0.15) is 0 Å². The Hall–Kier alpha value is -1.01. The molecule has 23 heavy (non-hydrogen) atoms. The minimum Gasteiger partial charge on any atom is -0.406 e. The zero-order chi connectivity index (χ0) is 17.7. The average Bonchev–Trinajstić information content (AvgIpc) is 2.81. The van der Waals surface area contributed by atoms with E-state index in [1.807, 2.05) is 6.08 Å². The van der Waals surface area contributed by atoms with Gasteiger partial charge in [0.1, 0.15) is 8.07 Å². The van der Waals surface area contributed by atoms with Gasteiger partial charge in [0.05, 0.1) is 6.61 Å². The Morgan fingerprint density at radius 2 is 1.83 bits per heavy atom. The van der Waals surface area contributed by atoms with Crippen molar-refractivity contribution in [3.8, 4) is 23.3 Å². The smallest absolute Gasteiger partial charge is 0.193 e. The van der Waals surface area contributed by atoms with E-state index in [0.29, 0.717) is 6.61 Å². The van der Waals surface area contributed by atoms with E-state index < -0.39 is 16.4 Å². The second-order valence-corrected chi connectivity index (χ2v) is 18.3. The van der Waals surface area contributed by atoms with Crippen molar-refractivity contribution in [2.75, 3.05) is 6.61 Å². The second kappa shape index (κ2) is 7.71. The van der Waals surface area contributed by atoms with Crippen LogP contribution in [0.2, 0.25) is 37.8 Å². The minimum atomic E-state index is -1.69. The lowest BCUT2D eigenvalue weighted by molar-refractivity contribution is 0.334. The Morgan fingerprint density at radius 3 is 2.39 bits per heavy atom. The van der Waals surface area contributed by atoms with Gasteiger partial charge in [-0.25, -0.2) is 0 Å². The highest BCUT2D eigenvalue weighted by Crippen LogP contribution is 2.36. The van der Waals surface area contributed by atoms with E-state index in [-0.39, 0.29) is 5.04 Å². The van der Waals surface area contributed by atoms with Gasteiger partial charge in [-0.15, -0.1) is 5.54 Å². The first-order chi connectivity index (χ1) is 10.4. The Balaban J connectivity index is 2.65. The summed E-state index contributed by atoms with van der Waals surface area (Å²) in [6, 6.07) is 0. The summed E-state index contributed by atoms with van der Waals surface area (Å²) in [6.07, 6.45) is 6.43. The van der Waals surface area contributed by atoms with Crippen molar-refractivity contribution in [1.82, 2.24) is 0 Å². The Bertz CT molecular complexity index is 602. The molecule has 0 aromatic heterocycles. The number of allylic oxidation sites excluding steroid dienone is 4. The maximum absolute atomic E-state index is 6.08. The standard InChI is InChI=1S/C20H32OSi2/c1-20(2,3)23(7,8)21-16-10-9-12-18-13-11-14-19(18)15-17-22(4,5)6/h12,14H,11,13,16H2,1-8H3/b18-12+. The molecular weight excluding hydrogens is 312 g/mol. The monoisotopic (exact) mass is 344 g/mol. The van der Waals surface area contributed by atoms with Crippen LogP contribution < -0.4 is 0 Å². The second-order valence-electron chi connectivity index (χ2n) is 8.70. The molecule has 1 aliphatic carbocycles. The molecule has 1 nitrogen and oxygen atoms in total. The summed E-state index contributed by atoms with van der Waals surface area (Å²) in [7, 11) is -3.00. The predicted octanol–water partition coefficient (Wildman–Crippen LogP) is 5.54. The molecule has 126 valence electrons. The fourth-order valence-electron chi connectivity index (χ4n) is 1.79. The molecule has 0 spiro atoms. The van der Waals surface area contributed by atoms with Crippen molar-refractivity contribution in [1.29, 1.82) is 0 Å². The van der Waals surface area contributed by atoms with Crippen LogP contribution in [0.3, 0.4) is 0 Å². The molecule has 0 amide bonds. The van der Waals surface area contributed by atoms with Gasteiger partial charge < -0.3 is 4.43 Å². The first kappa shape index (κ1) is 20.0. The Labute approximate surface area is 145 Å². The largest absolute Gasteiger partial charge is 0.406 e. The van der Waals surface area contributed by atoms with Crippen molar-refractivity contribution < 1.29 is 4.43 Å². The summed E-state index contributed by atoms with van der Waals surface area (Å²) in [6.45, 7) is 18.6. The zero-order valence-corrected chi connectivity index (χ0v) is 18.2. The van der Waals surface area contributed by atoms with Gasteiger partial charge in [-0.1, -0.05) is 64.2 Å². The van der Waals surface area contributed by atoms with Crippen LogP contribution in [0.5, 0.6) is 0 Å². The van der Waals surface area contributed by atoms with Crippen LogP contribution in [0.15, 0.2) is 23.3 Å². The Morgan fingerprint density at radius 1 is 1.17 bits per heavy atom. The van der Waals surface area contributed by atoms with Crippen molar-refractivity contribution in [3.63, 3.8) is 0 Å². The SMILES string of the molecule is CC(C)(C)[Si](C)(C)OCC#C/C=C1\CCC=C1C#C[Si](C)(C)C. The molecule has 0 heterocycles. The first-order valence-electron chi connectivity index (χ1n) is 8.47. The molecule has 0 radical (unpaired) electrons. The third-order valence-corrected chi connectivity index (χ3v) is 9.69. The lowest BCUT2D eigenvalue weighted by atomic mass is 10.1. The molecule has 0 atom stereocenters. The summed E-state index contributed by atoms with van der Waals surface area (Å²) < 4.78 is 6.08. The molecule has 0 saturated heterocycles. The van der Waals surface area contributed by atoms with E-state index in [0.717, 1.165) is 12.8 Å². The van der Waals surface area contributed by atoms with Gasteiger partial charge in [-0.05, 0) is 42.6 Å². The Kier molecular flexibility index (Phi) is 6.72. The first-order valence-corrected chi connectivity index (χ1v) is 14.9. The molecule has 1 aliphatic rings. The van der Waals surface area contributed by atoms with Crippen molar-refractivity contribution in [2.24, 2.45) is 0 Å². The highest BCUT2D eigenvalue weighted by atomic mass is 28.4. The van der Waals surface area contributed by atoms with E-state index in [9.17, 15) is 0 Å². The highest BCUT2D eigenvalue weighted by Gasteiger charge is 2.36. The average molecular weight is 345 g/mol. The summed E-state index contributed by atoms with van der Waals surface area (Å²) in [5, 5.41) is 0.237. The van der Waals surface area contributed by atoms with E-state index in [1.165, 1.54) is 11.1 Å². The fraction of sp³-hybridized carbons (Fsp3) is 0.600. The molecule has 1 rings (SSSR count). The van der Waals surface area contributed by atoms with Gasteiger partial charge >= 0.3 is 0 Å². The number of hydrogen-bond donors (Lipinski definition) is 0. The van der Waals surface area contributed by atoms with Crippen LogP contribution in [0.4, 0.5) is 0 Å². The van der Waals surface area contributed by atoms with Crippen LogP contribution >= 0.6 is 0 Å². The third kappa shape index (κ3) is 6.96. The maximum atomic E-state index is 6.08. The quantitative estimate of drug-likeness (QED) is 0.472. The minimum absolute atomic E-state index is 0.237. The summed E-state index contributed by atoms with van der Waals surface area (Å²) in [4.78, 5) is 0. The van der Waals surface area contributed by atoms with Crippen molar-refractivity contribution in [3.05, 3.63) is 23.3 Å². The number of rotatable bonds is 2. The van der Waals surface area contributed by atoms with E-state index in [4.69, 9.17) is 4.43 Å². The summed E-state index contributed by atoms with van der Waals surface area (Å²) >= 11 is 0. The van der Waals surface area contributed by atoms with Crippen LogP contribution in [-0.2, 0) is 4.43 Å². The van der Waals surface area contributed by atoms with Crippen molar-refractivity contribution >= 4 is 16.4 Å². The zero-order valence-electron chi connectivity index (χ0n) is 16.2. The van der Waals surface area contributed by atoms with Gasteiger partial charge in [0.25, 0.3) is 0 Å². The molecular formula is C20H32OSi2. The molecule has 0 saturated carbocycles. The van der Waals surface area contributed by atoms with Crippen LogP contribution in [0, 0.1) is 23.3 Å². The fourth-order valence-corrected chi connectivity index (χ4v) is 3.16. The maximum Gasteiger partial charge on any atom is 0.193 e. The van der Waals surface area contributed by atoms with Gasteiger partial charge in [-0.3, -0.25) is 0 Å². The molecule has 0 aromatic carbocycles. The molecule has 3 heteroatoms. The van der Waals surface area contributed by atoms with E-state index in [1.54, 1.807) is 0 Å². The van der Waals surface area contributed by atoms with E-state index in [2.05, 4.69) is 82.9 Å². The number of hydrogen-bond acceptors (Lipinski definition) is 1. The lowest BCUT2D eigenvalue weighted by Crippen LogP contribution is -2.40. The lowest BCUT2D eigenvalue weighted by Gasteiger charge is -2.35. The normalized spacial score (nSPS) is 17.2. The van der Waals surface area contributed by atoms with Crippen LogP contribution in [0.1, 0.15) is 33.6 Å². The third-order valence-electron chi connectivity index (χ3n) is 4.34.